The van der Waals surface area contributed by atoms with E-state index in [0.29, 0.717) is 6.42 Å². The largest absolute Gasteiger partial charge is 0.395 e. The Morgan fingerprint density at radius 2 is 2.18 bits per heavy atom. The van der Waals surface area contributed by atoms with E-state index < -0.39 is 21.9 Å². The molecule has 0 bridgehead atoms. The molecule has 96 valence electrons. The predicted octanol–water partition coefficient (Wildman–Crippen LogP) is 1.53. The van der Waals surface area contributed by atoms with Gasteiger partial charge in [-0.15, -0.1) is 0 Å². The lowest BCUT2D eigenvalue weighted by molar-refractivity contribution is 0.254. The molecule has 1 atom stereocenters. The summed E-state index contributed by atoms with van der Waals surface area (Å²) in [7, 11) is -3.92. The van der Waals surface area contributed by atoms with Crippen LogP contribution >= 0.6 is 11.6 Å². The van der Waals surface area contributed by atoms with Gasteiger partial charge in [0.2, 0.25) is 10.0 Å². The number of halogens is 2. The van der Waals surface area contributed by atoms with Crippen LogP contribution in [0.5, 0.6) is 0 Å². The number of aliphatic hydroxyl groups excluding tert-OH is 1. The molecular formula is C10H13ClFNO3S. The number of hydrogen-bond donors (Lipinski definition) is 2. The van der Waals surface area contributed by atoms with E-state index in [9.17, 15) is 12.8 Å². The van der Waals surface area contributed by atoms with Crippen LogP contribution in [0.15, 0.2) is 23.1 Å². The third kappa shape index (κ3) is 3.64. The Bertz CT molecular complexity index is 488. The fourth-order valence-electron chi connectivity index (χ4n) is 1.22. The molecule has 17 heavy (non-hydrogen) atoms. The molecule has 0 spiro atoms. The summed E-state index contributed by atoms with van der Waals surface area (Å²) in [5.41, 5.74) is 0. The number of sulfonamides is 1. The molecule has 4 nitrogen and oxygen atoms in total. The molecule has 0 fully saturated rings. The summed E-state index contributed by atoms with van der Waals surface area (Å²) in [6.45, 7) is 1.39. The second-order valence-electron chi connectivity index (χ2n) is 3.48. The highest BCUT2D eigenvalue weighted by atomic mass is 35.5. The van der Waals surface area contributed by atoms with Crippen LogP contribution in [0, 0.1) is 5.82 Å². The van der Waals surface area contributed by atoms with E-state index in [4.69, 9.17) is 16.7 Å². The molecule has 0 aliphatic rings. The van der Waals surface area contributed by atoms with Crippen molar-refractivity contribution in [2.75, 3.05) is 6.61 Å². The molecule has 0 saturated heterocycles. The SMILES string of the molecule is CCC(CO)NS(=O)(=O)c1cc(F)ccc1Cl. The molecule has 0 aliphatic carbocycles. The molecule has 1 aromatic carbocycles. The van der Waals surface area contributed by atoms with Gasteiger partial charge in [0.25, 0.3) is 0 Å². The zero-order chi connectivity index (χ0) is 13.1. The van der Waals surface area contributed by atoms with Crippen molar-refractivity contribution in [1.29, 1.82) is 0 Å². The van der Waals surface area contributed by atoms with Gasteiger partial charge >= 0.3 is 0 Å². The zero-order valence-electron chi connectivity index (χ0n) is 9.15. The van der Waals surface area contributed by atoms with E-state index in [-0.39, 0.29) is 16.5 Å². The van der Waals surface area contributed by atoms with Crippen molar-refractivity contribution in [2.24, 2.45) is 0 Å². The second kappa shape index (κ2) is 5.77. The maximum Gasteiger partial charge on any atom is 0.242 e. The predicted molar refractivity (Wildman–Crippen MR) is 62.9 cm³/mol. The van der Waals surface area contributed by atoms with Gasteiger partial charge in [-0.2, -0.15) is 0 Å². The Morgan fingerprint density at radius 3 is 2.71 bits per heavy atom. The lowest BCUT2D eigenvalue weighted by atomic mass is 10.3. The smallest absolute Gasteiger partial charge is 0.242 e. The summed E-state index contributed by atoms with van der Waals surface area (Å²) >= 11 is 5.70. The number of aliphatic hydroxyl groups is 1. The van der Waals surface area contributed by atoms with Crippen molar-refractivity contribution < 1.29 is 17.9 Å². The fourth-order valence-corrected chi connectivity index (χ4v) is 3.04. The monoisotopic (exact) mass is 281 g/mol. The van der Waals surface area contributed by atoms with Crippen LogP contribution in [0.1, 0.15) is 13.3 Å². The summed E-state index contributed by atoms with van der Waals surface area (Å²) in [5.74, 6) is -0.688. The van der Waals surface area contributed by atoms with Crippen LogP contribution < -0.4 is 4.72 Å². The first-order valence-corrected chi connectivity index (χ1v) is 6.85. The minimum Gasteiger partial charge on any atom is -0.395 e. The molecule has 0 amide bonds. The van der Waals surface area contributed by atoms with Crippen LogP contribution in [-0.4, -0.2) is 26.2 Å². The molecule has 1 rings (SSSR count). The second-order valence-corrected chi connectivity index (χ2v) is 5.57. The summed E-state index contributed by atoms with van der Waals surface area (Å²) in [5, 5.41) is 8.86. The highest BCUT2D eigenvalue weighted by Crippen LogP contribution is 2.22. The Morgan fingerprint density at radius 1 is 1.53 bits per heavy atom. The lowest BCUT2D eigenvalue weighted by Crippen LogP contribution is -2.37. The van der Waals surface area contributed by atoms with Crippen molar-refractivity contribution in [3.63, 3.8) is 0 Å². The van der Waals surface area contributed by atoms with Crippen molar-refractivity contribution in [2.45, 2.75) is 24.3 Å². The molecule has 0 radical (unpaired) electrons. The quantitative estimate of drug-likeness (QED) is 0.860. The Balaban J connectivity index is 3.09. The summed E-state index contributed by atoms with van der Waals surface area (Å²) in [6.07, 6.45) is 0.419. The van der Waals surface area contributed by atoms with Crippen LogP contribution in [0.4, 0.5) is 4.39 Å². The maximum absolute atomic E-state index is 13.0. The molecule has 1 unspecified atom stereocenters. The van der Waals surface area contributed by atoms with Gasteiger partial charge in [-0.1, -0.05) is 18.5 Å². The van der Waals surface area contributed by atoms with E-state index in [0.717, 1.165) is 12.1 Å². The Hall–Kier alpha value is -0.690. The fraction of sp³-hybridized carbons (Fsp3) is 0.400. The van der Waals surface area contributed by atoms with Crippen LogP contribution in [0.3, 0.4) is 0 Å². The van der Waals surface area contributed by atoms with E-state index >= 15 is 0 Å². The molecule has 0 heterocycles. The molecule has 2 N–H and O–H groups in total. The number of benzene rings is 1. The Labute approximate surface area is 104 Å². The minimum atomic E-state index is -3.92. The van der Waals surface area contributed by atoms with Crippen molar-refractivity contribution >= 4 is 21.6 Å². The molecule has 7 heteroatoms. The van der Waals surface area contributed by atoms with E-state index in [1.807, 2.05) is 0 Å². The van der Waals surface area contributed by atoms with E-state index in [1.165, 1.54) is 6.07 Å². The first-order chi connectivity index (χ1) is 7.90. The van der Waals surface area contributed by atoms with Gasteiger partial charge < -0.3 is 5.11 Å². The van der Waals surface area contributed by atoms with Crippen molar-refractivity contribution in [3.05, 3.63) is 29.0 Å². The average Bonchev–Trinajstić information content (AvgIpc) is 2.29. The summed E-state index contributed by atoms with van der Waals surface area (Å²) < 4.78 is 38.9. The number of nitrogens with one attached hydrogen (secondary N) is 1. The maximum atomic E-state index is 13.0. The Kier molecular flexibility index (Phi) is 4.88. The number of hydrogen-bond acceptors (Lipinski definition) is 3. The average molecular weight is 282 g/mol. The standard InChI is InChI=1S/C10H13ClFNO3S/c1-2-8(6-14)13-17(15,16)10-5-7(12)3-4-9(10)11/h3-5,8,13-14H,2,6H2,1H3. The van der Waals surface area contributed by atoms with Gasteiger partial charge in [-0.3, -0.25) is 0 Å². The molecule has 1 aromatic rings. The third-order valence-corrected chi connectivity index (χ3v) is 4.22. The highest BCUT2D eigenvalue weighted by molar-refractivity contribution is 7.89. The molecule has 0 saturated carbocycles. The normalized spacial score (nSPS) is 13.6. The van der Waals surface area contributed by atoms with E-state index in [1.54, 1.807) is 6.92 Å². The van der Waals surface area contributed by atoms with Crippen LogP contribution in [-0.2, 0) is 10.0 Å². The number of rotatable bonds is 5. The molecule has 0 aromatic heterocycles. The first-order valence-electron chi connectivity index (χ1n) is 4.99. The van der Waals surface area contributed by atoms with Gasteiger partial charge in [-0.05, 0) is 24.6 Å². The van der Waals surface area contributed by atoms with Crippen LogP contribution in [0.25, 0.3) is 0 Å². The third-order valence-electron chi connectivity index (χ3n) is 2.22. The van der Waals surface area contributed by atoms with Crippen molar-refractivity contribution in [1.82, 2.24) is 4.72 Å². The topological polar surface area (TPSA) is 66.4 Å². The zero-order valence-corrected chi connectivity index (χ0v) is 10.7. The molecular weight excluding hydrogens is 269 g/mol. The summed E-state index contributed by atoms with van der Waals surface area (Å²) in [4.78, 5) is -0.328. The highest BCUT2D eigenvalue weighted by Gasteiger charge is 2.21. The van der Waals surface area contributed by atoms with Gasteiger partial charge in [-0.25, -0.2) is 17.5 Å². The first kappa shape index (κ1) is 14.4. The minimum absolute atomic E-state index is 0.0632. The molecule has 0 aliphatic heterocycles. The van der Waals surface area contributed by atoms with Gasteiger partial charge in [0.05, 0.1) is 11.6 Å². The van der Waals surface area contributed by atoms with Gasteiger partial charge in [0.1, 0.15) is 10.7 Å². The lowest BCUT2D eigenvalue weighted by Gasteiger charge is -2.15. The van der Waals surface area contributed by atoms with Gasteiger partial charge in [0.15, 0.2) is 0 Å². The van der Waals surface area contributed by atoms with Crippen LogP contribution in [0.2, 0.25) is 5.02 Å². The van der Waals surface area contributed by atoms with E-state index in [2.05, 4.69) is 4.72 Å². The summed E-state index contributed by atoms with van der Waals surface area (Å²) in [6, 6.07) is 2.48. The van der Waals surface area contributed by atoms with Crippen molar-refractivity contribution in [3.8, 4) is 0 Å². The van der Waals surface area contributed by atoms with Gasteiger partial charge in [0, 0.05) is 6.04 Å².